The van der Waals surface area contributed by atoms with Crippen molar-refractivity contribution in [2.75, 3.05) is 0 Å². The van der Waals surface area contributed by atoms with Crippen LogP contribution in [0.15, 0.2) is 48.5 Å². The van der Waals surface area contributed by atoms with Crippen LogP contribution < -0.4 is 9.47 Å². The third-order valence-electron chi connectivity index (χ3n) is 3.99. The molecule has 2 aromatic carbocycles. The van der Waals surface area contributed by atoms with Gasteiger partial charge < -0.3 is 9.47 Å². The number of benzene rings is 2. The van der Waals surface area contributed by atoms with Crippen LogP contribution in [-0.4, -0.2) is 0 Å². The van der Waals surface area contributed by atoms with Gasteiger partial charge in [-0.15, -0.1) is 10.5 Å². The van der Waals surface area contributed by atoms with E-state index in [1.807, 2.05) is 36.4 Å². The summed E-state index contributed by atoms with van der Waals surface area (Å²) in [5.74, 6) is 1.26. The number of para-hydroxylation sites is 1. The first-order chi connectivity index (χ1) is 11.8. The summed E-state index contributed by atoms with van der Waals surface area (Å²) in [7, 11) is 0. The number of rotatable bonds is 8. The molecule has 0 aliphatic heterocycles. The van der Waals surface area contributed by atoms with E-state index in [1.165, 1.54) is 0 Å². The molecule has 0 fully saturated rings. The molecular weight excluding hydrogens is 300 g/mol. The summed E-state index contributed by atoms with van der Waals surface area (Å²) < 4.78 is 9.99. The second-order valence-electron chi connectivity index (χ2n) is 5.54. The van der Waals surface area contributed by atoms with Crippen LogP contribution >= 0.6 is 0 Å². The highest BCUT2D eigenvalue weighted by molar-refractivity contribution is 5.43. The normalized spacial score (nSPS) is 11.1. The summed E-state index contributed by atoms with van der Waals surface area (Å²) in [6, 6.07) is 15.2. The molecule has 0 saturated carbocycles. The van der Waals surface area contributed by atoms with E-state index >= 15 is 0 Å². The first kappa shape index (κ1) is 17.4. The van der Waals surface area contributed by atoms with E-state index in [4.69, 9.17) is 20.0 Å². The van der Waals surface area contributed by atoms with E-state index in [2.05, 4.69) is 6.92 Å². The largest absolute Gasteiger partial charge is 0.388 e. The van der Waals surface area contributed by atoms with Crippen molar-refractivity contribution in [3.63, 3.8) is 0 Å². The Morgan fingerprint density at radius 2 is 1.62 bits per heavy atom. The predicted octanol–water partition coefficient (Wildman–Crippen LogP) is 5.12. The van der Waals surface area contributed by atoms with Crippen molar-refractivity contribution in [2.45, 2.75) is 38.5 Å². The lowest BCUT2D eigenvalue weighted by Gasteiger charge is -2.20. The van der Waals surface area contributed by atoms with Crippen LogP contribution in [0.25, 0.3) is 0 Å². The fourth-order valence-corrected chi connectivity index (χ4v) is 2.83. The highest BCUT2D eigenvalue weighted by atomic mass is 16.5. The van der Waals surface area contributed by atoms with Crippen molar-refractivity contribution >= 4 is 0 Å². The predicted molar refractivity (Wildman–Crippen MR) is 91.4 cm³/mol. The number of nitrogens with zero attached hydrogens (tertiary/aromatic N) is 2. The van der Waals surface area contributed by atoms with Crippen molar-refractivity contribution in [3.05, 3.63) is 59.7 Å². The Hall–Kier alpha value is -2.98. The quantitative estimate of drug-likeness (QED) is 0.500. The third-order valence-corrected chi connectivity index (χ3v) is 3.99. The van der Waals surface area contributed by atoms with Crippen LogP contribution in [0, 0.1) is 23.0 Å². The molecule has 0 aromatic heterocycles. The Kier molecular flexibility index (Phi) is 6.68. The first-order valence-electron chi connectivity index (χ1n) is 8.11. The minimum Gasteiger partial charge on any atom is -0.388 e. The van der Waals surface area contributed by atoms with Gasteiger partial charge >= 0.3 is 0 Å². The first-order valence-corrected chi connectivity index (χ1v) is 8.11. The van der Waals surface area contributed by atoms with Crippen molar-refractivity contribution in [3.8, 4) is 24.0 Å². The lowest BCUT2D eigenvalue weighted by molar-refractivity contribution is 0.491. The van der Waals surface area contributed by atoms with Gasteiger partial charge in [0.1, 0.15) is 11.5 Å². The number of hydrogen-bond acceptors (Lipinski definition) is 4. The van der Waals surface area contributed by atoms with Crippen molar-refractivity contribution in [2.24, 2.45) is 0 Å². The molecular formula is C20H20N2O2. The zero-order valence-electron chi connectivity index (χ0n) is 13.7. The summed E-state index contributed by atoms with van der Waals surface area (Å²) in [6.07, 6.45) is 7.82. The molecule has 4 nitrogen and oxygen atoms in total. The van der Waals surface area contributed by atoms with Gasteiger partial charge in [0.25, 0.3) is 12.5 Å². The zero-order chi connectivity index (χ0) is 17.2. The van der Waals surface area contributed by atoms with Gasteiger partial charge in [-0.2, -0.15) is 0 Å². The van der Waals surface area contributed by atoms with E-state index in [1.54, 1.807) is 24.6 Å². The monoisotopic (exact) mass is 320 g/mol. The van der Waals surface area contributed by atoms with Gasteiger partial charge in [-0.3, -0.25) is 0 Å². The van der Waals surface area contributed by atoms with Gasteiger partial charge in [0.15, 0.2) is 0 Å². The second kappa shape index (κ2) is 9.22. The summed E-state index contributed by atoms with van der Waals surface area (Å²) in [5.41, 5.74) is 2.12. The van der Waals surface area contributed by atoms with Crippen LogP contribution in [0.1, 0.15) is 49.7 Å². The molecule has 0 amide bonds. The molecule has 0 bridgehead atoms. The maximum Gasteiger partial charge on any atom is 0.292 e. The fourth-order valence-electron chi connectivity index (χ4n) is 2.83. The van der Waals surface area contributed by atoms with E-state index in [-0.39, 0.29) is 5.92 Å². The summed E-state index contributed by atoms with van der Waals surface area (Å²) in [6.45, 7) is 2.18. The standard InChI is InChI=1S/C20H20N2O2/c1-2-3-4-7-18(16-10-12-17(13-11-16)23-14-21)19-8-5-6-9-20(19)24-15-22/h5-6,8-13,18H,2-4,7H2,1H3. The van der Waals surface area contributed by atoms with Crippen molar-refractivity contribution in [1.29, 1.82) is 10.5 Å². The van der Waals surface area contributed by atoms with Gasteiger partial charge in [-0.1, -0.05) is 56.5 Å². The maximum atomic E-state index is 8.89. The molecule has 0 spiro atoms. The molecule has 2 aromatic rings. The molecule has 4 heteroatoms. The lowest BCUT2D eigenvalue weighted by atomic mass is 9.86. The van der Waals surface area contributed by atoms with Crippen LogP contribution in [-0.2, 0) is 0 Å². The highest BCUT2D eigenvalue weighted by Crippen LogP contribution is 2.36. The number of unbranched alkanes of at least 4 members (excludes halogenated alkanes) is 2. The van der Waals surface area contributed by atoms with Gasteiger partial charge in [0, 0.05) is 11.5 Å². The fraction of sp³-hybridized carbons (Fsp3) is 0.300. The number of nitriles is 2. The number of ether oxygens (including phenoxy) is 2. The molecule has 122 valence electrons. The topological polar surface area (TPSA) is 66.0 Å². The van der Waals surface area contributed by atoms with Crippen molar-refractivity contribution < 1.29 is 9.47 Å². The molecule has 0 saturated heterocycles. The second-order valence-corrected chi connectivity index (χ2v) is 5.54. The summed E-state index contributed by atoms with van der Waals surface area (Å²) in [5, 5.41) is 17.5. The molecule has 0 radical (unpaired) electrons. The van der Waals surface area contributed by atoms with E-state index < -0.39 is 0 Å². The van der Waals surface area contributed by atoms with Gasteiger partial charge in [0.05, 0.1) is 0 Å². The Balaban J connectivity index is 2.34. The molecule has 0 aliphatic rings. The summed E-state index contributed by atoms with van der Waals surface area (Å²) in [4.78, 5) is 0. The number of hydrogen-bond donors (Lipinski definition) is 0. The molecule has 0 heterocycles. The van der Waals surface area contributed by atoms with Gasteiger partial charge in [-0.25, -0.2) is 0 Å². The molecule has 1 unspecified atom stereocenters. The molecule has 1 atom stereocenters. The Labute approximate surface area is 142 Å². The molecule has 0 aliphatic carbocycles. The smallest absolute Gasteiger partial charge is 0.292 e. The molecule has 2 rings (SSSR count). The minimum absolute atomic E-state index is 0.136. The molecule has 24 heavy (non-hydrogen) atoms. The average Bonchev–Trinajstić information content (AvgIpc) is 2.61. The Morgan fingerprint density at radius 3 is 2.29 bits per heavy atom. The van der Waals surface area contributed by atoms with E-state index in [9.17, 15) is 0 Å². The maximum absolute atomic E-state index is 8.89. The van der Waals surface area contributed by atoms with Crippen LogP contribution in [0.2, 0.25) is 0 Å². The Bertz CT molecular complexity index is 727. The van der Waals surface area contributed by atoms with Crippen molar-refractivity contribution in [1.82, 2.24) is 0 Å². The van der Waals surface area contributed by atoms with Gasteiger partial charge in [0.2, 0.25) is 0 Å². The summed E-state index contributed by atoms with van der Waals surface area (Å²) >= 11 is 0. The van der Waals surface area contributed by atoms with E-state index in [0.29, 0.717) is 11.5 Å². The van der Waals surface area contributed by atoms with Crippen LogP contribution in [0.5, 0.6) is 11.5 Å². The van der Waals surface area contributed by atoms with Crippen LogP contribution in [0.3, 0.4) is 0 Å². The third kappa shape index (κ3) is 4.51. The zero-order valence-corrected chi connectivity index (χ0v) is 13.7. The van der Waals surface area contributed by atoms with E-state index in [0.717, 1.165) is 36.8 Å². The minimum atomic E-state index is 0.136. The lowest BCUT2D eigenvalue weighted by Crippen LogP contribution is -2.04. The van der Waals surface area contributed by atoms with Crippen LogP contribution in [0.4, 0.5) is 0 Å². The Morgan fingerprint density at radius 1 is 0.917 bits per heavy atom. The highest BCUT2D eigenvalue weighted by Gasteiger charge is 2.18. The average molecular weight is 320 g/mol. The SMILES string of the molecule is CCCCCC(c1ccc(OC#N)cc1)c1ccccc1OC#N. The van der Waals surface area contributed by atoms with Gasteiger partial charge in [-0.05, 0) is 30.2 Å². The molecule has 0 N–H and O–H groups in total.